The molecule has 0 radical (unpaired) electrons. The maximum atomic E-state index is 10.8. The lowest BCUT2D eigenvalue weighted by Gasteiger charge is -2.34. The normalized spacial score (nSPS) is 23.0. The number of nitrogens with zero attached hydrogens (tertiary/aromatic N) is 1. The number of benzene rings is 1. The van der Waals surface area contributed by atoms with Gasteiger partial charge < -0.3 is 11.1 Å². The molecular formula is C11H14BrN3O2. The van der Waals surface area contributed by atoms with Crippen molar-refractivity contribution in [2.45, 2.75) is 31.8 Å². The lowest BCUT2D eigenvalue weighted by Crippen LogP contribution is -2.44. The fraction of sp³-hybridized carbons (Fsp3) is 0.455. The Hall–Kier alpha value is -1.14. The van der Waals surface area contributed by atoms with Crippen LogP contribution in [0.25, 0.3) is 0 Å². The molecule has 2 rings (SSSR count). The molecule has 92 valence electrons. The quantitative estimate of drug-likeness (QED) is 0.664. The van der Waals surface area contributed by atoms with Gasteiger partial charge in [-0.05, 0) is 41.8 Å². The van der Waals surface area contributed by atoms with Gasteiger partial charge in [-0.1, -0.05) is 0 Å². The molecule has 0 unspecified atom stereocenters. The van der Waals surface area contributed by atoms with Crippen LogP contribution in [0, 0.1) is 17.0 Å². The van der Waals surface area contributed by atoms with Gasteiger partial charge in [-0.3, -0.25) is 10.1 Å². The third-order valence-electron chi connectivity index (χ3n) is 3.02. The van der Waals surface area contributed by atoms with Crippen molar-refractivity contribution >= 4 is 27.3 Å². The first-order valence-electron chi connectivity index (χ1n) is 5.44. The van der Waals surface area contributed by atoms with E-state index in [1.54, 1.807) is 19.1 Å². The van der Waals surface area contributed by atoms with Crippen LogP contribution in [0.5, 0.6) is 0 Å². The van der Waals surface area contributed by atoms with Gasteiger partial charge in [-0.15, -0.1) is 0 Å². The van der Waals surface area contributed by atoms with Crippen molar-refractivity contribution in [3.8, 4) is 0 Å². The van der Waals surface area contributed by atoms with Gasteiger partial charge in [-0.2, -0.15) is 0 Å². The van der Waals surface area contributed by atoms with E-state index in [1.807, 2.05) is 0 Å². The minimum absolute atomic E-state index is 0.138. The molecule has 1 fully saturated rings. The predicted octanol–water partition coefficient (Wildman–Crippen LogP) is 2.57. The predicted molar refractivity (Wildman–Crippen MR) is 70.2 cm³/mol. The lowest BCUT2D eigenvalue weighted by atomic mass is 9.87. The van der Waals surface area contributed by atoms with Gasteiger partial charge in [-0.25, -0.2) is 0 Å². The minimum atomic E-state index is -0.362. The second-order valence-electron chi connectivity index (χ2n) is 4.45. The summed E-state index contributed by atoms with van der Waals surface area (Å²) in [5.74, 6) is 0. The summed E-state index contributed by atoms with van der Waals surface area (Å²) < 4.78 is 0.848. The highest BCUT2D eigenvalue weighted by atomic mass is 79.9. The van der Waals surface area contributed by atoms with E-state index in [2.05, 4.69) is 21.2 Å². The standard InChI is InChI=1S/C11H14BrN3O2/c1-6-2-9(12)10(5-11(6)15(16)17)14-8-3-7(13)4-8/h2,5,7-8,14H,3-4,13H2,1H3. The van der Waals surface area contributed by atoms with E-state index in [0.29, 0.717) is 11.6 Å². The van der Waals surface area contributed by atoms with E-state index in [-0.39, 0.29) is 16.7 Å². The molecule has 5 nitrogen and oxygen atoms in total. The molecule has 1 aromatic carbocycles. The Morgan fingerprint density at radius 1 is 1.53 bits per heavy atom. The summed E-state index contributed by atoms with van der Waals surface area (Å²) in [6.45, 7) is 1.73. The van der Waals surface area contributed by atoms with E-state index in [9.17, 15) is 10.1 Å². The van der Waals surface area contributed by atoms with Gasteiger partial charge in [0.15, 0.2) is 0 Å². The Labute approximate surface area is 108 Å². The Bertz CT molecular complexity index is 458. The molecule has 0 heterocycles. The summed E-state index contributed by atoms with van der Waals surface area (Å²) in [5.41, 5.74) is 7.25. The zero-order valence-electron chi connectivity index (χ0n) is 9.44. The zero-order valence-corrected chi connectivity index (χ0v) is 11.0. The minimum Gasteiger partial charge on any atom is -0.381 e. The summed E-state index contributed by atoms with van der Waals surface area (Å²) in [5, 5.41) is 14.1. The van der Waals surface area contributed by atoms with E-state index in [0.717, 1.165) is 23.0 Å². The van der Waals surface area contributed by atoms with Crippen molar-refractivity contribution in [1.82, 2.24) is 0 Å². The summed E-state index contributed by atoms with van der Waals surface area (Å²) in [7, 11) is 0. The lowest BCUT2D eigenvalue weighted by molar-refractivity contribution is -0.385. The molecule has 1 saturated carbocycles. The molecule has 1 aliphatic carbocycles. The summed E-state index contributed by atoms with van der Waals surface area (Å²) in [6.07, 6.45) is 1.82. The molecule has 1 aromatic rings. The fourth-order valence-corrected chi connectivity index (χ4v) is 2.54. The van der Waals surface area contributed by atoms with Crippen molar-refractivity contribution in [1.29, 1.82) is 0 Å². The van der Waals surface area contributed by atoms with Crippen molar-refractivity contribution < 1.29 is 4.92 Å². The number of rotatable bonds is 3. The molecule has 0 amide bonds. The second kappa shape index (κ2) is 4.62. The van der Waals surface area contributed by atoms with Gasteiger partial charge in [0.05, 0.1) is 10.6 Å². The third kappa shape index (κ3) is 2.58. The molecule has 3 N–H and O–H groups in total. The monoisotopic (exact) mass is 299 g/mol. The number of aryl methyl sites for hydroxylation is 1. The van der Waals surface area contributed by atoms with Crippen molar-refractivity contribution in [3.05, 3.63) is 32.3 Å². The number of nitro groups is 1. The van der Waals surface area contributed by atoms with Crippen molar-refractivity contribution in [3.63, 3.8) is 0 Å². The first kappa shape index (κ1) is 12.3. The van der Waals surface area contributed by atoms with Crippen molar-refractivity contribution in [2.75, 3.05) is 5.32 Å². The van der Waals surface area contributed by atoms with Crippen LogP contribution in [0.2, 0.25) is 0 Å². The van der Waals surface area contributed by atoms with Crippen LogP contribution in [0.1, 0.15) is 18.4 Å². The highest BCUT2D eigenvalue weighted by Gasteiger charge is 2.26. The van der Waals surface area contributed by atoms with Crippen molar-refractivity contribution in [2.24, 2.45) is 5.73 Å². The van der Waals surface area contributed by atoms with Crippen LogP contribution < -0.4 is 11.1 Å². The molecule has 0 aliphatic heterocycles. The topological polar surface area (TPSA) is 81.2 Å². The van der Waals surface area contributed by atoms with Gasteiger partial charge in [0.1, 0.15) is 0 Å². The highest BCUT2D eigenvalue weighted by molar-refractivity contribution is 9.10. The maximum Gasteiger partial charge on any atom is 0.274 e. The summed E-state index contributed by atoms with van der Waals surface area (Å²) in [6, 6.07) is 3.91. The second-order valence-corrected chi connectivity index (χ2v) is 5.30. The average Bonchev–Trinajstić information content (AvgIpc) is 2.18. The van der Waals surface area contributed by atoms with Gasteiger partial charge >= 0.3 is 0 Å². The smallest absolute Gasteiger partial charge is 0.274 e. The van der Waals surface area contributed by atoms with Crippen LogP contribution in [-0.4, -0.2) is 17.0 Å². The number of nitrogens with one attached hydrogen (secondary N) is 1. The number of halogens is 1. The van der Waals surface area contributed by atoms with E-state index in [1.165, 1.54) is 0 Å². The Morgan fingerprint density at radius 2 is 2.18 bits per heavy atom. The SMILES string of the molecule is Cc1cc(Br)c(NC2CC(N)C2)cc1[N+](=O)[O-]. The molecule has 6 heteroatoms. The fourth-order valence-electron chi connectivity index (χ4n) is 1.97. The van der Waals surface area contributed by atoms with Gasteiger partial charge in [0.2, 0.25) is 0 Å². The van der Waals surface area contributed by atoms with E-state index >= 15 is 0 Å². The molecule has 0 spiro atoms. The number of nitro benzene ring substituents is 1. The number of anilines is 1. The summed E-state index contributed by atoms with van der Waals surface area (Å²) in [4.78, 5) is 10.5. The van der Waals surface area contributed by atoms with Crippen LogP contribution in [0.15, 0.2) is 16.6 Å². The molecular weight excluding hydrogens is 286 g/mol. The maximum absolute atomic E-state index is 10.8. The first-order chi connectivity index (χ1) is 7.97. The number of hydrogen-bond acceptors (Lipinski definition) is 4. The third-order valence-corrected chi connectivity index (χ3v) is 3.67. The number of nitrogens with two attached hydrogens (primary N) is 1. The van der Waals surface area contributed by atoms with E-state index < -0.39 is 0 Å². The summed E-state index contributed by atoms with van der Waals surface area (Å²) >= 11 is 3.41. The molecule has 17 heavy (non-hydrogen) atoms. The van der Waals surface area contributed by atoms with Crippen LogP contribution >= 0.6 is 15.9 Å². The molecule has 0 bridgehead atoms. The van der Waals surface area contributed by atoms with Crippen LogP contribution in [0.3, 0.4) is 0 Å². The zero-order chi connectivity index (χ0) is 12.6. The largest absolute Gasteiger partial charge is 0.381 e. The molecule has 0 saturated heterocycles. The van der Waals surface area contributed by atoms with Gasteiger partial charge in [0, 0.05) is 28.2 Å². The molecule has 0 atom stereocenters. The first-order valence-corrected chi connectivity index (χ1v) is 6.23. The molecule has 0 aromatic heterocycles. The Balaban J connectivity index is 2.21. The molecule has 1 aliphatic rings. The highest BCUT2D eigenvalue weighted by Crippen LogP contribution is 2.33. The van der Waals surface area contributed by atoms with E-state index in [4.69, 9.17) is 5.73 Å². The van der Waals surface area contributed by atoms with Crippen LogP contribution in [-0.2, 0) is 0 Å². The number of hydrogen-bond donors (Lipinski definition) is 2. The van der Waals surface area contributed by atoms with Gasteiger partial charge in [0.25, 0.3) is 5.69 Å². The Morgan fingerprint density at radius 3 is 2.71 bits per heavy atom. The Kier molecular flexibility index (Phi) is 3.35. The van der Waals surface area contributed by atoms with Crippen LogP contribution in [0.4, 0.5) is 11.4 Å². The average molecular weight is 300 g/mol.